The van der Waals surface area contributed by atoms with Gasteiger partial charge in [-0.2, -0.15) is 0 Å². The van der Waals surface area contributed by atoms with Crippen molar-refractivity contribution >= 4 is 27.4 Å². The highest BCUT2D eigenvalue weighted by atomic mass is 79.9. The lowest BCUT2D eigenvalue weighted by Crippen LogP contribution is -1.97. The van der Waals surface area contributed by atoms with E-state index in [1.165, 1.54) is 11.5 Å². The first-order valence-corrected chi connectivity index (χ1v) is 7.40. The van der Waals surface area contributed by atoms with Crippen molar-refractivity contribution < 1.29 is 4.74 Å². The molecule has 1 rings (SSSR count). The van der Waals surface area contributed by atoms with Gasteiger partial charge in [-0.1, -0.05) is 34.5 Å². The van der Waals surface area contributed by atoms with E-state index in [9.17, 15) is 0 Å². The lowest BCUT2D eigenvalue weighted by atomic mass is 10.3. The summed E-state index contributed by atoms with van der Waals surface area (Å²) in [5.74, 6) is 0.922. The fraction of sp³-hybridized carbons (Fsp3) is 0.333. The summed E-state index contributed by atoms with van der Waals surface area (Å²) in [6.07, 6.45) is 1.17. The predicted octanol–water partition coefficient (Wildman–Crippen LogP) is 3.13. The summed E-state index contributed by atoms with van der Waals surface area (Å²) in [5, 5.41) is 1.37. The van der Waals surface area contributed by atoms with Gasteiger partial charge in [-0.15, -0.1) is 0 Å². The van der Waals surface area contributed by atoms with Crippen molar-refractivity contribution in [2.75, 3.05) is 13.3 Å². The van der Waals surface area contributed by atoms with E-state index >= 15 is 0 Å². The van der Waals surface area contributed by atoms with E-state index in [0.717, 1.165) is 5.75 Å². The Balaban J connectivity index is 2.77. The molecule has 0 saturated carbocycles. The van der Waals surface area contributed by atoms with Crippen molar-refractivity contribution in [1.82, 2.24) is 0 Å². The predicted molar refractivity (Wildman–Crippen MR) is 59.0 cm³/mol. The minimum absolute atomic E-state index is 0.134. The number of benzene rings is 1. The normalized spacial score (nSPS) is 12.6. The maximum Gasteiger partial charge on any atom is 0.118 e. The van der Waals surface area contributed by atoms with Crippen LogP contribution in [0.2, 0.25) is 0 Å². The first-order valence-electron chi connectivity index (χ1n) is 3.85. The second kappa shape index (κ2) is 4.84. The minimum Gasteiger partial charge on any atom is -0.497 e. The van der Waals surface area contributed by atoms with Crippen LogP contribution in [0.15, 0.2) is 24.3 Å². The molecule has 1 unspecified atom stereocenters. The summed E-state index contributed by atoms with van der Waals surface area (Å²) in [5.41, 5.74) is 0. The molecule has 1 nitrogen and oxygen atoms in total. The summed E-state index contributed by atoms with van der Waals surface area (Å²) in [6, 6.07) is 8.23. The average molecular weight is 247 g/mol. The first-order chi connectivity index (χ1) is 5.77. The van der Waals surface area contributed by atoms with Crippen LogP contribution in [-0.4, -0.2) is 13.3 Å². The SMILES string of the molecule is CCP(Br)c1ccc(OC)cc1. The minimum atomic E-state index is -0.134. The summed E-state index contributed by atoms with van der Waals surface area (Å²) in [6.45, 7) is 2.05. The molecule has 0 saturated heterocycles. The summed E-state index contributed by atoms with van der Waals surface area (Å²) < 4.78 is 5.07. The highest BCUT2D eigenvalue weighted by Gasteiger charge is 2.02. The van der Waals surface area contributed by atoms with Crippen molar-refractivity contribution in [2.45, 2.75) is 6.92 Å². The van der Waals surface area contributed by atoms with Crippen molar-refractivity contribution in [2.24, 2.45) is 0 Å². The van der Waals surface area contributed by atoms with Gasteiger partial charge in [0.15, 0.2) is 0 Å². The molecule has 0 radical (unpaired) electrons. The molecule has 3 heteroatoms. The highest BCUT2D eigenvalue weighted by molar-refractivity contribution is 9.40. The Morgan fingerprint density at radius 3 is 2.33 bits per heavy atom. The number of ether oxygens (including phenoxy) is 1. The Morgan fingerprint density at radius 2 is 1.92 bits per heavy atom. The Bertz CT molecular complexity index is 235. The first kappa shape index (κ1) is 10.0. The van der Waals surface area contributed by atoms with Gasteiger partial charge in [-0.3, -0.25) is 0 Å². The van der Waals surface area contributed by atoms with Gasteiger partial charge in [-0.25, -0.2) is 0 Å². The van der Waals surface area contributed by atoms with Crippen molar-refractivity contribution in [3.05, 3.63) is 24.3 Å². The highest BCUT2D eigenvalue weighted by Crippen LogP contribution is 2.42. The van der Waals surface area contributed by atoms with Gasteiger partial charge in [0.2, 0.25) is 0 Å². The quantitative estimate of drug-likeness (QED) is 0.745. The molecule has 0 aliphatic heterocycles. The number of methoxy groups -OCH3 is 1. The van der Waals surface area contributed by atoms with E-state index < -0.39 is 0 Å². The molecule has 1 aromatic rings. The molecule has 0 bridgehead atoms. The third-order valence-electron chi connectivity index (χ3n) is 1.63. The fourth-order valence-electron chi connectivity index (χ4n) is 0.927. The summed E-state index contributed by atoms with van der Waals surface area (Å²) in [4.78, 5) is 0. The van der Waals surface area contributed by atoms with E-state index in [2.05, 4.69) is 34.5 Å². The smallest absolute Gasteiger partial charge is 0.118 e. The second-order valence-electron chi connectivity index (χ2n) is 2.38. The monoisotopic (exact) mass is 246 g/mol. The van der Waals surface area contributed by atoms with Crippen LogP contribution in [0.4, 0.5) is 0 Å². The van der Waals surface area contributed by atoms with E-state index in [-0.39, 0.29) is 6.62 Å². The van der Waals surface area contributed by atoms with Crippen LogP contribution < -0.4 is 10.0 Å². The lowest BCUT2D eigenvalue weighted by Gasteiger charge is -2.07. The molecule has 1 aromatic carbocycles. The average Bonchev–Trinajstić information content (AvgIpc) is 2.17. The van der Waals surface area contributed by atoms with Gasteiger partial charge in [0, 0.05) is 0 Å². The molecule has 0 N–H and O–H groups in total. The Hall–Kier alpha value is -0.0700. The van der Waals surface area contributed by atoms with Crippen LogP contribution in [0, 0.1) is 0 Å². The number of hydrogen-bond acceptors (Lipinski definition) is 1. The van der Waals surface area contributed by atoms with Gasteiger partial charge < -0.3 is 4.74 Å². The van der Waals surface area contributed by atoms with E-state index in [0.29, 0.717) is 0 Å². The maximum absolute atomic E-state index is 5.07. The van der Waals surface area contributed by atoms with Gasteiger partial charge in [0.1, 0.15) is 5.75 Å². The Labute approximate surface area is 82.6 Å². The second-order valence-corrected chi connectivity index (χ2v) is 6.82. The van der Waals surface area contributed by atoms with Gasteiger partial charge >= 0.3 is 0 Å². The molecule has 1 atom stereocenters. The van der Waals surface area contributed by atoms with E-state index in [1.807, 2.05) is 12.1 Å². The number of rotatable bonds is 3. The largest absolute Gasteiger partial charge is 0.497 e. The molecule has 0 fully saturated rings. The molecule has 0 heterocycles. The maximum atomic E-state index is 5.07. The van der Waals surface area contributed by atoms with Crippen molar-refractivity contribution in [1.29, 1.82) is 0 Å². The van der Waals surface area contributed by atoms with Crippen LogP contribution in [-0.2, 0) is 0 Å². The zero-order valence-electron chi connectivity index (χ0n) is 7.25. The molecule has 0 amide bonds. The van der Waals surface area contributed by atoms with Crippen LogP contribution in [0.1, 0.15) is 6.92 Å². The summed E-state index contributed by atoms with van der Waals surface area (Å²) in [7, 11) is 1.69. The van der Waals surface area contributed by atoms with Gasteiger partial charge in [0.25, 0.3) is 0 Å². The Morgan fingerprint density at radius 1 is 1.33 bits per heavy atom. The lowest BCUT2D eigenvalue weighted by molar-refractivity contribution is 0.415. The van der Waals surface area contributed by atoms with Crippen LogP contribution in [0.25, 0.3) is 0 Å². The summed E-state index contributed by atoms with van der Waals surface area (Å²) >= 11 is 3.66. The molecule has 12 heavy (non-hydrogen) atoms. The molecular formula is C9H12BrOP. The van der Waals surface area contributed by atoms with Crippen LogP contribution in [0.5, 0.6) is 5.75 Å². The third kappa shape index (κ3) is 2.46. The zero-order valence-corrected chi connectivity index (χ0v) is 9.73. The molecule has 0 aliphatic carbocycles. The van der Waals surface area contributed by atoms with Crippen molar-refractivity contribution in [3.8, 4) is 5.75 Å². The molecular weight excluding hydrogens is 235 g/mol. The van der Waals surface area contributed by atoms with E-state index in [4.69, 9.17) is 4.74 Å². The van der Waals surface area contributed by atoms with Gasteiger partial charge in [-0.05, 0) is 30.2 Å². The van der Waals surface area contributed by atoms with E-state index in [1.54, 1.807) is 7.11 Å². The third-order valence-corrected chi connectivity index (χ3v) is 5.78. The van der Waals surface area contributed by atoms with Crippen molar-refractivity contribution in [3.63, 3.8) is 0 Å². The molecule has 0 aliphatic rings. The Kier molecular flexibility index (Phi) is 4.03. The van der Waals surface area contributed by atoms with Crippen LogP contribution >= 0.6 is 22.1 Å². The van der Waals surface area contributed by atoms with Gasteiger partial charge in [0.05, 0.1) is 7.11 Å². The molecule has 0 spiro atoms. The number of hydrogen-bond donors (Lipinski definition) is 0. The zero-order chi connectivity index (χ0) is 8.97. The molecule has 66 valence electrons. The molecule has 0 aromatic heterocycles. The van der Waals surface area contributed by atoms with Crippen LogP contribution in [0.3, 0.4) is 0 Å². The number of halogens is 1. The standard InChI is InChI=1S/C9H12BrOP/c1-3-12(10)9-6-4-8(11-2)5-7-9/h4-7H,3H2,1-2H3. The topological polar surface area (TPSA) is 9.23 Å². The fourth-order valence-corrected chi connectivity index (χ4v) is 2.47.